The molecular weight excluding hydrogens is 245 g/mol. The number of carboxylic acids is 1. The summed E-state index contributed by atoms with van der Waals surface area (Å²) >= 11 is 0. The topological polar surface area (TPSA) is 49.3 Å². The van der Waals surface area contributed by atoms with Crippen LogP contribution in [0.25, 0.3) is 0 Å². The van der Waals surface area contributed by atoms with Crippen molar-refractivity contribution in [3.05, 3.63) is 30.1 Å². The summed E-state index contributed by atoms with van der Waals surface area (Å²) in [4.78, 5) is 11.8. The molecule has 3 unspecified atom stereocenters. The predicted molar refractivity (Wildman–Crippen MR) is 72.6 cm³/mol. The Bertz CT molecular complexity index is 477. The second-order valence-corrected chi connectivity index (χ2v) is 5.67. The van der Waals surface area contributed by atoms with Crippen LogP contribution in [0.1, 0.15) is 33.1 Å². The third kappa shape index (κ3) is 2.57. The van der Waals surface area contributed by atoms with E-state index in [0.29, 0.717) is 12.3 Å². The number of hydrogen-bond acceptors (Lipinski definition) is 2. The van der Waals surface area contributed by atoms with Gasteiger partial charge < -0.3 is 10.4 Å². The van der Waals surface area contributed by atoms with Gasteiger partial charge in [0.05, 0.1) is 5.69 Å². The first-order valence-electron chi connectivity index (χ1n) is 6.72. The highest BCUT2D eigenvalue weighted by atomic mass is 19.1. The smallest absolute Gasteiger partial charge is 0.329 e. The zero-order valence-corrected chi connectivity index (χ0v) is 11.3. The lowest BCUT2D eigenvalue weighted by Crippen LogP contribution is -2.55. The van der Waals surface area contributed by atoms with Crippen molar-refractivity contribution in [2.75, 3.05) is 5.32 Å². The van der Waals surface area contributed by atoms with Gasteiger partial charge in [-0.1, -0.05) is 32.4 Å². The highest BCUT2D eigenvalue weighted by Gasteiger charge is 2.47. The minimum atomic E-state index is -1.07. The molecule has 3 atom stereocenters. The Labute approximate surface area is 112 Å². The van der Waals surface area contributed by atoms with Crippen LogP contribution in [0.5, 0.6) is 0 Å². The van der Waals surface area contributed by atoms with Gasteiger partial charge in [0.1, 0.15) is 11.4 Å². The molecule has 4 heteroatoms. The average Bonchev–Trinajstić information content (AvgIpc) is 2.36. The van der Waals surface area contributed by atoms with Crippen molar-refractivity contribution in [1.82, 2.24) is 0 Å². The van der Waals surface area contributed by atoms with E-state index in [9.17, 15) is 14.3 Å². The van der Waals surface area contributed by atoms with Crippen LogP contribution in [0.2, 0.25) is 0 Å². The van der Waals surface area contributed by atoms with Crippen molar-refractivity contribution < 1.29 is 14.3 Å². The van der Waals surface area contributed by atoms with Crippen LogP contribution >= 0.6 is 0 Å². The lowest BCUT2D eigenvalue weighted by molar-refractivity contribution is -0.146. The molecule has 1 fully saturated rings. The maximum atomic E-state index is 13.7. The van der Waals surface area contributed by atoms with Gasteiger partial charge in [0.2, 0.25) is 0 Å². The number of rotatable bonds is 3. The summed E-state index contributed by atoms with van der Waals surface area (Å²) in [6, 6.07) is 6.24. The molecule has 2 rings (SSSR count). The fourth-order valence-corrected chi connectivity index (χ4v) is 2.96. The fraction of sp³-hybridized carbons (Fsp3) is 0.533. The maximum absolute atomic E-state index is 13.7. The van der Waals surface area contributed by atoms with Crippen LogP contribution in [0, 0.1) is 17.7 Å². The Kier molecular flexibility index (Phi) is 3.78. The molecule has 0 aliphatic heterocycles. The molecular formula is C15H20FNO2. The normalized spacial score (nSPS) is 30.9. The largest absolute Gasteiger partial charge is 0.479 e. The van der Waals surface area contributed by atoms with Crippen LogP contribution in [-0.2, 0) is 4.79 Å². The molecule has 0 bridgehead atoms. The van der Waals surface area contributed by atoms with Crippen LogP contribution in [0.4, 0.5) is 10.1 Å². The second kappa shape index (κ2) is 5.19. The average molecular weight is 265 g/mol. The van der Waals surface area contributed by atoms with Gasteiger partial charge in [0.15, 0.2) is 0 Å². The first-order chi connectivity index (χ1) is 8.95. The van der Waals surface area contributed by atoms with Crippen molar-refractivity contribution >= 4 is 11.7 Å². The fourth-order valence-electron chi connectivity index (χ4n) is 2.96. The maximum Gasteiger partial charge on any atom is 0.329 e. The monoisotopic (exact) mass is 265 g/mol. The van der Waals surface area contributed by atoms with Gasteiger partial charge in [-0.15, -0.1) is 0 Å². The predicted octanol–water partition coefficient (Wildman–Crippen LogP) is 3.52. The van der Waals surface area contributed by atoms with E-state index >= 15 is 0 Å². The second-order valence-electron chi connectivity index (χ2n) is 5.67. The van der Waals surface area contributed by atoms with E-state index in [0.717, 1.165) is 12.8 Å². The van der Waals surface area contributed by atoms with Crippen molar-refractivity contribution in [1.29, 1.82) is 0 Å². The van der Waals surface area contributed by atoms with Crippen molar-refractivity contribution in [2.24, 2.45) is 11.8 Å². The highest BCUT2D eigenvalue weighted by Crippen LogP contribution is 2.39. The molecule has 0 aromatic heterocycles. The van der Waals surface area contributed by atoms with Crippen LogP contribution in [0.3, 0.4) is 0 Å². The first kappa shape index (κ1) is 13.8. The molecule has 2 N–H and O–H groups in total. The molecule has 1 aromatic carbocycles. The number of anilines is 1. The van der Waals surface area contributed by atoms with Crippen LogP contribution in [-0.4, -0.2) is 16.6 Å². The standard InChI is InChI=1S/C15H20FNO2/c1-10-7-8-11(2)15(9-10,14(18)19)17-13-6-4-3-5-12(13)16/h3-6,10-11,17H,7-9H2,1-2H3,(H,18,19). The van der Waals surface area contributed by atoms with Gasteiger partial charge in [0.25, 0.3) is 0 Å². The van der Waals surface area contributed by atoms with Gasteiger partial charge in [0, 0.05) is 0 Å². The zero-order chi connectivity index (χ0) is 14.0. The van der Waals surface area contributed by atoms with Crippen molar-refractivity contribution in [3.63, 3.8) is 0 Å². The Morgan fingerprint density at radius 1 is 1.37 bits per heavy atom. The van der Waals surface area contributed by atoms with E-state index in [1.807, 2.05) is 13.8 Å². The molecule has 0 amide bonds. The number of aliphatic carboxylic acids is 1. The number of carbonyl (C=O) groups is 1. The van der Waals surface area contributed by atoms with E-state index in [2.05, 4.69) is 5.32 Å². The molecule has 1 aromatic rings. The molecule has 0 spiro atoms. The van der Waals surface area contributed by atoms with Crippen molar-refractivity contribution in [3.8, 4) is 0 Å². The molecule has 104 valence electrons. The minimum Gasteiger partial charge on any atom is -0.479 e. The molecule has 1 aliphatic carbocycles. The number of halogens is 1. The van der Waals surface area contributed by atoms with Gasteiger partial charge in [-0.3, -0.25) is 0 Å². The molecule has 3 nitrogen and oxygen atoms in total. The summed E-state index contributed by atoms with van der Waals surface area (Å²) in [5.74, 6) is -1.00. The summed E-state index contributed by atoms with van der Waals surface area (Å²) in [6.45, 7) is 3.97. The van der Waals surface area contributed by atoms with E-state index in [-0.39, 0.29) is 11.6 Å². The molecule has 0 saturated heterocycles. The Morgan fingerprint density at radius 2 is 2.05 bits per heavy atom. The summed E-state index contributed by atoms with van der Waals surface area (Å²) in [5, 5.41) is 12.6. The van der Waals surface area contributed by atoms with Crippen LogP contribution < -0.4 is 5.32 Å². The Balaban J connectivity index is 2.35. The SMILES string of the molecule is CC1CCC(C)C(Nc2ccccc2F)(C(=O)O)C1. The number of carboxylic acid groups (broad SMARTS) is 1. The third-order valence-electron chi connectivity index (χ3n) is 4.22. The number of hydrogen-bond donors (Lipinski definition) is 2. The highest BCUT2D eigenvalue weighted by molar-refractivity contribution is 5.83. The number of para-hydroxylation sites is 1. The lowest BCUT2D eigenvalue weighted by Gasteiger charge is -2.42. The first-order valence-corrected chi connectivity index (χ1v) is 6.72. The molecule has 1 aliphatic rings. The molecule has 19 heavy (non-hydrogen) atoms. The van der Waals surface area contributed by atoms with Crippen LogP contribution in [0.15, 0.2) is 24.3 Å². The Hall–Kier alpha value is -1.58. The van der Waals surface area contributed by atoms with Gasteiger partial charge in [-0.05, 0) is 36.8 Å². The van der Waals surface area contributed by atoms with Gasteiger partial charge >= 0.3 is 5.97 Å². The van der Waals surface area contributed by atoms with Gasteiger partial charge in [-0.2, -0.15) is 0 Å². The summed E-state index contributed by atoms with van der Waals surface area (Å²) in [6.07, 6.45) is 2.39. The molecule has 0 heterocycles. The number of benzene rings is 1. The van der Waals surface area contributed by atoms with Gasteiger partial charge in [-0.25, -0.2) is 9.18 Å². The third-order valence-corrected chi connectivity index (χ3v) is 4.22. The lowest BCUT2D eigenvalue weighted by atomic mass is 9.69. The summed E-state index contributed by atoms with van der Waals surface area (Å²) in [5.41, 5.74) is -0.800. The minimum absolute atomic E-state index is 0.0270. The molecule has 1 saturated carbocycles. The van der Waals surface area contributed by atoms with E-state index in [1.165, 1.54) is 6.07 Å². The Morgan fingerprint density at radius 3 is 2.68 bits per heavy atom. The van der Waals surface area contributed by atoms with Crippen molar-refractivity contribution in [2.45, 2.75) is 38.6 Å². The van der Waals surface area contributed by atoms with E-state index in [4.69, 9.17) is 0 Å². The van der Waals surface area contributed by atoms with E-state index in [1.54, 1.807) is 18.2 Å². The zero-order valence-electron chi connectivity index (χ0n) is 11.3. The molecule has 0 radical (unpaired) electrons. The number of nitrogens with one attached hydrogen (secondary N) is 1. The van der Waals surface area contributed by atoms with E-state index < -0.39 is 17.3 Å². The quantitative estimate of drug-likeness (QED) is 0.879. The summed E-state index contributed by atoms with van der Waals surface area (Å²) in [7, 11) is 0. The summed E-state index contributed by atoms with van der Waals surface area (Å²) < 4.78 is 13.7.